The number of thiazole rings is 1. The number of fused-ring (bicyclic) bond motifs is 3. The predicted molar refractivity (Wildman–Crippen MR) is 98.2 cm³/mol. The minimum atomic E-state index is -0.527. The van der Waals surface area contributed by atoms with E-state index >= 15 is 0 Å². The standard InChI is InChI=1S/C18H11N3O3S/c22-17(12-5-3-6-13(10-12)21(23)24)20-18-19-16-14-7-2-1-4-11(14)8-9-15(16)25-18/h1-10H,(H,19,20,22). The van der Waals surface area contributed by atoms with Gasteiger partial charge < -0.3 is 0 Å². The van der Waals surface area contributed by atoms with E-state index in [9.17, 15) is 14.9 Å². The van der Waals surface area contributed by atoms with Crippen molar-refractivity contribution in [3.8, 4) is 0 Å². The molecule has 4 aromatic rings. The molecule has 1 N–H and O–H groups in total. The fourth-order valence-electron chi connectivity index (χ4n) is 2.64. The van der Waals surface area contributed by atoms with Crippen molar-refractivity contribution in [2.75, 3.05) is 5.32 Å². The van der Waals surface area contributed by atoms with Crippen LogP contribution in [0.5, 0.6) is 0 Å². The second-order valence-corrected chi connectivity index (χ2v) is 6.44. The molecule has 0 spiro atoms. The van der Waals surface area contributed by atoms with Crippen LogP contribution in [-0.4, -0.2) is 15.8 Å². The second kappa shape index (κ2) is 5.95. The van der Waals surface area contributed by atoms with Crippen LogP contribution >= 0.6 is 11.3 Å². The first-order valence-electron chi connectivity index (χ1n) is 7.46. The average molecular weight is 349 g/mol. The number of nitro benzene ring substituents is 1. The van der Waals surface area contributed by atoms with E-state index in [4.69, 9.17) is 0 Å². The van der Waals surface area contributed by atoms with Gasteiger partial charge in [-0.25, -0.2) is 4.98 Å². The predicted octanol–water partition coefficient (Wildman–Crippen LogP) is 4.61. The number of benzene rings is 3. The summed E-state index contributed by atoms with van der Waals surface area (Å²) in [7, 11) is 0. The Labute approximate surface area is 145 Å². The summed E-state index contributed by atoms with van der Waals surface area (Å²) >= 11 is 1.37. The number of carbonyl (C=O) groups is 1. The molecule has 1 aromatic heterocycles. The summed E-state index contributed by atoms with van der Waals surface area (Å²) in [6, 6.07) is 17.5. The molecule has 25 heavy (non-hydrogen) atoms. The first kappa shape index (κ1) is 15.2. The van der Waals surface area contributed by atoms with Gasteiger partial charge >= 0.3 is 0 Å². The summed E-state index contributed by atoms with van der Waals surface area (Å²) < 4.78 is 0.966. The molecule has 1 heterocycles. The molecular formula is C18H11N3O3S. The van der Waals surface area contributed by atoms with Gasteiger partial charge in [-0.05, 0) is 17.5 Å². The van der Waals surface area contributed by atoms with Crippen molar-refractivity contribution in [2.45, 2.75) is 0 Å². The number of non-ortho nitro benzene ring substituents is 1. The summed E-state index contributed by atoms with van der Waals surface area (Å²) in [6.07, 6.45) is 0. The van der Waals surface area contributed by atoms with Crippen molar-refractivity contribution in [2.24, 2.45) is 0 Å². The van der Waals surface area contributed by atoms with Crippen LogP contribution in [0.3, 0.4) is 0 Å². The highest BCUT2D eigenvalue weighted by molar-refractivity contribution is 7.22. The molecule has 0 atom stereocenters. The number of nitrogens with zero attached hydrogens (tertiary/aromatic N) is 2. The van der Waals surface area contributed by atoms with Crippen molar-refractivity contribution in [3.63, 3.8) is 0 Å². The zero-order valence-corrected chi connectivity index (χ0v) is 13.6. The van der Waals surface area contributed by atoms with Gasteiger partial charge in [0.25, 0.3) is 11.6 Å². The van der Waals surface area contributed by atoms with Crippen molar-refractivity contribution < 1.29 is 9.72 Å². The lowest BCUT2D eigenvalue weighted by atomic mass is 10.1. The normalized spacial score (nSPS) is 10.9. The highest BCUT2D eigenvalue weighted by Crippen LogP contribution is 2.31. The molecule has 0 bridgehead atoms. The molecule has 4 rings (SSSR count). The van der Waals surface area contributed by atoms with Crippen molar-refractivity contribution in [1.82, 2.24) is 4.98 Å². The number of rotatable bonds is 3. The van der Waals surface area contributed by atoms with E-state index in [-0.39, 0.29) is 11.3 Å². The molecule has 0 aliphatic carbocycles. The van der Waals surface area contributed by atoms with Crippen molar-refractivity contribution in [1.29, 1.82) is 0 Å². The molecule has 3 aromatic carbocycles. The molecule has 0 unspecified atom stereocenters. The maximum atomic E-state index is 12.4. The molecule has 0 fully saturated rings. The summed E-state index contributed by atoms with van der Waals surface area (Å²) in [5, 5.41) is 16.1. The molecule has 6 nitrogen and oxygen atoms in total. The number of hydrogen-bond acceptors (Lipinski definition) is 5. The van der Waals surface area contributed by atoms with E-state index in [2.05, 4.69) is 10.3 Å². The van der Waals surface area contributed by atoms with Crippen LogP contribution in [0.15, 0.2) is 60.7 Å². The number of carbonyl (C=O) groups excluding carboxylic acids is 1. The van der Waals surface area contributed by atoms with Gasteiger partial charge in [-0.3, -0.25) is 20.2 Å². The Bertz CT molecular complexity index is 1140. The molecule has 122 valence electrons. The lowest BCUT2D eigenvalue weighted by Crippen LogP contribution is -2.11. The van der Waals surface area contributed by atoms with E-state index in [0.29, 0.717) is 5.13 Å². The minimum absolute atomic E-state index is 0.122. The maximum Gasteiger partial charge on any atom is 0.270 e. The third-order valence-electron chi connectivity index (χ3n) is 3.82. The van der Waals surface area contributed by atoms with Crippen LogP contribution in [0.25, 0.3) is 21.0 Å². The number of amides is 1. The van der Waals surface area contributed by atoms with Gasteiger partial charge in [-0.2, -0.15) is 0 Å². The second-order valence-electron chi connectivity index (χ2n) is 5.41. The number of nitro groups is 1. The van der Waals surface area contributed by atoms with Gasteiger partial charge in [-0.1, -0.05) is 47.7 Å². The van der Waals surface area contributed by atoms with Gasteiger partial charge in [0, 0.05) is 23.1 Å². The summed E-state index contributed by atoms with van der Waals surface area (Å²) in [5.41, 5.74) is 0.929. The van der Waals surface area contributed by atoms with Gasteiger partial charge in [0.15, 0.2) is 5.13 Å². The zero-order valence-electron chi connectivity index (χ0n) is 12.8. The van der Waals surface area contributed by atoms with Crippen LogP contribution < -0.4 is 5.32 Å². The van der Waals surface area contributed by atoms with Crippen LogP contribution in [0.2, 0.25) is 0 Å². The van der Waals surface area contributed by atoms with Crippen LogP contribution in [0.4, 0.5) is 10.8 Å². The average Bonchev–Trinajstić information content (AvgIpc) is 3.04. The lowest BCUT2D eigenvalue weighted by Gasteiger charge is -2.01. The van der Waals surface area contributed by atoms with Crippen LogP contribution in [0.1, 0.15) is 10.4 Å². The van der Waals surface area contributed by atoms with E-state index in [1.165, 1.54) is 35.6 Å². The van der Waals surface area contributed by atoms with E-state index in [1.807, 2.05) is 36.4 Å². The first-order chi connectivity index (χ1) is 12.1. The maximum absolute atomic E-state index is 12.4. The number of anilines is 1. The fraction of sp³-hybridized carbons (Fsp3) is 0. The molecular weight excluding hydrogens is 338 g/mol. The monoisotopic (exact) mass is 349 g/mol. The fourth-order valence-corrected chi connectivity index (χ4v) is 3.52. The largest absolute Gasteiger partial charge is 0.298 e. The van der Waals surface area contributed by atoms with Gasteiger partial charge in [-0.15, -0.1) is 0 Å². The molecule has 0 saturated heterocycles. The Kier molecular flexibility index (Phi) is 3.62. The molecule has 7 heteroatoms. The van der Waals surface area contributed by atoms with Crippen LogP contribution in [-0.2, 0) is 0 Å². The third-order valence-corrected chi connectivity index (χ3v) is 4.76. The van der Waals surface area contributed by atoms with Gasteiger partial charge in [0.05, 0.1) is 15.1 Å². The first-order valence-corrected chi connectivity index (χ1v) is 8.27. The molecule has 0 aliphatic heterocycles. The van der Waals surface area contributed by atoms with E-state index in [0.717, 1.165) is 21.0 Å². The summed E-state index contributed by atoms with van der Waals surface area (Å²) in [5.74, 6) is -0.424. The Morgan fingerprint density at radius 3 is 2.76 bits per heavy atom. The molecule has 0 aliphatic rings. The van der Waals surface area contributed by atoms with Crippen molar-refractivity contribution in [3.05, 3.63) is 76.3 Å². The highest BCUT2D eigenvalue weighted by Gasteiger charge is 2.14. The third kappa shape index (κ3) is 2.81. The SMILES string of the molecule is O=C(Nc1nc2c(ccc3ccccc32)s1)c1cccc([N+](=O)[O-])c1. The smallest absolute Gasteiger partial charge is 0.270 e. The number of hydrogen-bond donors (Lipinski definition) is 1. The lowest BCUT2D eigenvalue weighted by molar-refractivity contribution is -0.384. The quantitative estimate of drug-likeness (QED) is 0.432. The van der Waals surface area contributed by atoms with Crippen molar-refractivity contribution >= 4 is 49.1 Å². The van der Waals surface area contributed by atoms with Gasteiger partial charge in [0.1, 0.15) is 0 Å². The Hall–Kier alpha value is -3.32. The minimum Gasteiger partial charge on any atom is -0.298 e. The van der Waals surface area contributed by atoms with Crippen LogP contribution in [0, 0.1) is 10.1 Å². The summed E-state index contributed by atoms with van der Waals surface area (Å²) in [4.78, 5) is 27.2. The van der Waals surface area contributed by atoms with E-state index in [1.54, 1.807) is 0 Å². The Morgan fingerprint density at radius 1 is 1.08 bits per heavy atom. The zero-order chi connectivity index (χ0) is 17.4. The molecule has 0 saturated carbocycles. The van der Waals surface area contributed by atoms with E-state index < -0.39 is 10.8 Å². The topological polar surface area (TPSA) is 85.1 Å². The number of aromatic nitrogens is 1. The summed E-state index contributed by atoms with van der Waals surface area (Å²) in [6.45, 7) is 0. The molecule has 1 amide bonds. The van der Waals surface area contributed by atoms with Gasteiger partial charge in [0.2, 0.25) is 0 Å². The number of nitrogens with one attached hydrogen (secondary N) is 1. The Balaban J connectivity index is 1.68. The molecule has 0 radical (unpaired) electrons. The Morgan fingerprint density at radius 2 is 1.92 bits per heavy atom. The highest BCUT2D eigenvalue weighted by atomic mass is 32.1.